The quantitative estimate of drug-likeness (QED) is 0.240. The third-order valence-corrected chi connectivity index (χ3v) is 7.98. The fourth-order valence-corrected chi connectivity index (χ4v) is 6.14. The number of hydrogen-bond acceptors (Lipinski definition) is 4. The first-order valence-electron chi connectivity index (χ1n) is 14.0. The van der Waals surface area contributed by atoms with Crippen LogP contribution in [-0.4, -0.2) is 40.4 Å². The number of nitrogens with zero attached hydrogens (tertiary/aromatic N) is 2. The van der Waals surface area contributed by atoms with Crippen molar-refractivity contribution in [2.24, 2.45) is 0 Å². The number of urea groups is 1. The van der Waals surface area contributed by atoms with Crippen LogP contribution in [0.3, 0.4) is 0 Å². The number of amides is 4. The van der Waals surface area contributed by atoms with Crippen LogP contribution in [0.2, 0.25) is 0 Å². The van der Waals surface area contributed by atoms with Crippen LogP contribution in [0.25, 0.3) is 10.9 Å². The average Bonchev–Trinajstić information content (AvgIpc) is 3.51. The fourth-order valence-electron chi connectivity index (χ4n) is 6.14. The summed E-state index contributed by atoms with van der Waals surface area (Å²) < 4.78 is 5.49. The van der Waals surface area contributed by atoms with Crippen molar-refractivity contribution in [3.05, 3.63) is 126 Å². The molecular formula is C34H28N4O4. The first-order valence-corrected chi connectivity index (χ1v) is 14.0. The number of fused-ring (bicyclic) bond motifs is 4. The molecule has 42 heavy (non-hydrogen) atoms. The highest BCUT2D eigenvalue weighted by molar-refractivity contribution is 6.24. The van der Waals surface area contributed by atoms with Crippen molar-refractivity contribution >= 4 is 40.1 Å². The molecule has 8 heteroatoms. The van der Waals surface area contributed by atoms with E-state index in [-0.39, 0.29) is 17.2 Å². The number of carbonyl (C=O) groups excluding carboxylic acids is 3. The summed E-state index contributed by atoms with van der Waals surface area (Å²) in [6.07, 6.45) is 0.379. The van der Waals surface area contributed by atoms with Gasteiger partial charge in [-0.15, -0.1) is 0 Å². The molecule has 2 N–H and O–H groups in total. The zero-order chi connectivity index (χ0) is 28.8. The zero-order valence-electron chi connectivity index (χ0n) is 22.9. The van der Waals surface area contributed by atoms with E-state index in [0.717, 1.165) is 27.7 Å². The van der Waals surface area contributed by atoms with Crippen LogP contribution in [-0.2, 0) is 11.2 Å². The molecule has 2 aliphatic rings. The van der Waals surface area contributed by atoms with Gasteiger partial charge in [-0.25, -0.2) is 9.69 Å². The number of hydrogen-bond donors (Lipinski definition) is 2. The molecule has 5 aromatic rings. The van der Waals surface area contributed by atoms with Crippen LogP contribution < -0.4 is 15.0 Å². The molecule has 0 aliphatic carbocycles. The van der Waals surface area contributed by atoms with Gasteiger partial charge in [-0.1, -0.05) is 60.7 Å². The van der Waals surface area contributed by atoms with Crippen molar-refractivity contribution in [1.29, 1.82) is 0 Å². The van der Waals surface area contributed by atoms with Gasteiger partial charge in [0.25, 0.3) is 11.8 Å². The first-order chi connectivity index (χ1) is 20.5. The molecule has 1 aromatic heterocycles. The van der Waals surface area contributed by atoms with Crippen molar-refractivity contribution in [1.82, 2.24) is 9.88 Å². The standard InChI is InChI=1S/C34H28N4O4/c1-2-42-23-18-16-22(17-19-23)35-32(39)25-13-7-9-15-28(25)38-33(40)29-20-26-24-12-6-8-14-27(24)36-30(26)31(37(29)34(38)41)21-10-4-3-5-11-21/h3-19,29,31,36H,2,20H2,1H3,(H,35,39)/t29-,31?/m0/s1. The summed E-state index contributed by atoms with van der Waals surface area (Å²) >= 11 is 0. The average molecular weight is 557 g/mol. The van der Waals surface area contributed by atoms with Crippen molar-refractivity contribution < 1.29 is 19.1 Å². The molecule has 7 rings (SSSR count). The van der Waals surface area contributed by atoms with Gasteiger partial charge in [-0.2, -0.15) is 0 Å². The summed E-state index contributed by atoms with van der Waals surface area (Å²) in [6.45, 7) is 2.45. The number of aromatic amines is 1. The smallest absolute Gasteiger partial charge is 0.332 e. The summed E-state index contributed by atoms with van der Waals surface area (Å²) in [5, 5.41) is 3.93. The van der Waals surface area contributed by atoms with Crippen LogP contribution in [0.1, 0.15) is 40.1 Å². The first kappa shape index (κ1) is 25.6. The number of rotatable bonds is 6. The monoisotopic (exact) mass is 556 g/mol. The van der Waals surface area contributed by atoms with Gasteiger partial charge in [0.05, 0.1) is 17.9 Å². The predicted molar refractivity (Wildman–Crippen MR) is 161 cm³/mol. The molecule has 208 valence electrons. The molecule has 4 amide bonds. The zero-order valence-corrected chi connectivity index (χ0v) is 22.9. The van der Waals surface area contributed by atoms with E-state index in [1.54, 1.807) is 53.4 Å². The molecule has 2 atom stereocenters. The lowest BCUT2D eigenvalue weighted by Crippen LogP contribution is -2.44. The molecule has 3 heterocycles. The Kier molecular flexibility index (Phi) is 6.23. The maximum atomic E-state index is 14.3. The Morgan fingerprint density at radius 3 is 2.40 bits per heavy atom. The highest BCUT2D eigenvalue weighted by Crippen LogP contribution is 2.45. The van der Waals surface area contributed by atoms with Crippen molar-refractivity contribution in [2.75, 3.05) is 16.8 Å². The largest absolute Gasteiger partial charge is 0.494 e. The predicted octanol–water partition coefficient (Wildman–Crippen LogP) is 6.30. The number of ether oxygens (including phenoxy) is 1. The van der Waals surface area contributed by atoms with Gasteiger partial charge in [0.2, 0.25) is 0 Å². The van der Waals surface area contributed by atoms with Gasteiger partial charge in [0.1, 0.15) is 17.8 Å². The molecule has 4 aromatic carbocycles. The van der Waals surface area contributed by atoms with Crippen molar-refractivity contribution in [3.8, 4) is 5.75 Å². The Labute approximate surface area is 242 Å². The van der Waals surface area contributed by atoms with Crippen molar-refractivity contribution in [3.63, 3.8) is 0 Å². The number of H-pyrrole nitrogens is 1. The molecule has 2 aliphatic heterocycles. The lowest BCUT2D eigenvalue weighted by Gasteiger charge is -2.36. The SMILES string of the molecule is CCOc1ccc(NC(=O)c2ccccc2N2C(=O)[C@@H]3Cc4c([nH]c5ccccc45)C(c4ccccc4)N3C2=O)cc1. The van der Waals surface area contributed by atoms with E-state index in [0.29, 0.717) is 24.5 Å². The van der Waals surface area contributed by atoms with Gasteiger partial charge in [0.15, 0.2) is 0 Å². The van der Waals surface area contributed by atoms with Gasteiger partial charge in [-0.3, -0.25) is 14.5 Å². The molecule has 1 saturated heterocycles. The topological polar surface area (TPSA) is 94.7 Å². The van der Waals surface area contributed by atoms with E-state index in [2.05, 4.69) is 10.3 Å². The number of para-hydroxylation sites is 2. The van der Waals surface area contributed by atoms with Crippen LogP contribution in [0.5, 0.6) is 5.75 Å². The van der Waals surface area contributed by atoms with E-state index in [9.17, 15) is 14.4 Å². The summed E-state index contributed by atoms with van der Waals surface area (Å²) in [7, 11) is 0. The maximum absolute atomic E-state index is 14.3. The number of carbonyl (C=O) groups is 3. The second-order valence-electron chi connectivity index (χ2n) is 10.4. The normalized spacial score (nSPS) is 17.7. The molecule has 0 bridgehead atoms. The van der Waals surface area contributed by atoms with Gasteiger partial charge in [-0.05, 0) is 60.5 Å². The minimum atomic E-state index is -0.711. The number of imide groups is 1. The van der Waals surface area contributed by atoms with Crippen molar-refractivity contribution in [2.45, 2.75) is 25.4 Å². The van der Waals surface area contributed by atoms with Crippen LogP contribution >= 0.6 is 0 Å². The molecule has 8 nitrogen and oxygen atoms in total. The van der Waals surface area contributed by atoms with E-state index < -0.39 is 24.0 Å². The molecule has 0 spiro atoms. The van der Waals surface area contributed by atoms with Gasteiger partial charge < -0.3 is 15.0 Å². The molecular weight excluding hydrogens is 528 g/mol. The van der Waals surface area contributed by atoms with E-state index in [4.69, 9.17) is 4.74 Å². The maximum Gasteiger partial charge on any atom is 0.332 e. The third-order valence-electron chi connectivity index (χ3n) is 7.98. The van der Waals surface area contributed by atoms with E-state index >= 15 is 0 Å². The Morgan fingerprint density at radius 1 is 0.905 bits per heavy atom. The Hall–Kier alpha value is -5.37. The summed E-state index contributed by atoms with van der Waals surface area (Å²) in [5.74, 6) is -0.0689. The highest BCUT2D eigenvalue weighted by atomic mass is 16.5. The Morgan fingerprint density at radius 2 is 1.62 bits per heavy atom. The lowest BCUT2D eigenvalue weighted by atomic mass is 9.89. The van der Waals surface area contributed by atoms with Crippen LogP contribution in [0.4, 0.5) is 16.2 Å². The minimum Gasteiger partial charge on any atom is -0.494 e. The number of benzene rings is 4. The van der Waals surface area contributed by atoms with E-state index in [1.165, 1.54) is 4.90 Å². The number of nitrogens with one attached hydrogen (secondary N) is 2. The second kappa shape index (κ2) is 10.2. The lowest BCUT2D eigenvalue weighted by molar-refractivity contribution is -0.120. The number of aromatic nitrogens is 1. The molecule has 0 saturated carbocycles. The Balaban J connectivity index is 1.27. The molecule has 0 radical (unpaired) electrons. The highest BCUT2D eigenvalue weighted by Gasteiger charge is 2.53. The summed E-state index contributed by atoms with van der Waals surface area (Å²) in [4.78, 5) is 48.3. The summed E-state index contributed by atoms with van der Waals surface area (Å²) in [5.41, 5.74) is 4.87. The summed E-state index contributed by atoms with van der Waals surface area (Å²) in [6, 6.07) is 29.9. The van der Waals surface area contributed by atoms with Crippen LogP contribution in [0, 0.1) is 0 Å². The fraction of sp³-hybridized carbons (Fsp3) is 0.147. The molecule has 1 fully saturated rings. The third kappa shape index (κ3) is 4.11. The number of anilines is 2. The van der Waals surface area contributed by atoms with Crippen LogP contribution in [0.15, 0.2) is 103 Å². The van der Waals surface area contributed by atoms with Gasteiger partial charge >= 0.3 is 6.03 Å². The Bertz CT molecular complexity index is 1830. The van der Waals surface area contributed by atoms with E-state index in [1.807, 2.05) is 61.5 Å². The van der Waals surface area contributed by atoms with Gasteiger partial charge in [0, 0.05) is 28.7 Å². The minimum absolute atomic E-state index is 0.230. The molecule has 1 unspecified atom stereocenters. The second-order valence-corrected chi connectivity index (χ2v) is 10.4.